The van der Waals surface area contributed by atoms with E-state index < -0.39 is 0 Å². The Balaban J connectivity index is 3.11. The highest BCUT2D eigenvalue weighted by atomic mass is 19.1. The molecule has 0 aliphatic carbocycles. The highest BCUT2D eigenvalue weighted by Crippen LogP contribution is 2.19. The van der Waals surface area contributed by atoms with E-state index in [0.29, 0.717) is 11.8 Å². The lowest BCUT2D eigenvalue weighted by Crippen LogP contribution is -2.30. The van der Waals surface area contributed by atoms with Gasteiger partial charge in [-0.25, -0.2) is 4.39 Å². The zero-order valence-electron chi connectivity index (χ0n) is 9.33. The Morgan fingerprint density at radius 2 is 2.07 bits per heavy atom. The van der Waals surface area contributed by atoms with Crippen molar-refractivity contribution in [2.24, 2.45) is 0 Å². The molecule has 0 atom stereocenters. The van der Waals surface area contributed by atoms with Crippen molar-refractivity contribution in [2.45, 2.75) is 26.8 Å². The van der Waals surface area contributed by atoms with Crippen molar-refractivity contribution < 1.29 is 9.18 Å². The van der Waals surface area contributed by atoms with Gasteiger partial charge in [-0.15, -0.1) is 0 Å². The normalized spacial score (nSPS) is 10.5. The summed E-state index contributed by atoms with van der Waals surface area (Å²) in [6.07, 6.45) is 0.667. The third-order valence-electron chi connectivity index (χ3n) is 2.34. The number of nitrogens with zero attached hydrogens (tertiary/aromatic N) is 1. The topological polar surface area (TPSA) is 20.3 Å². The van der Waals surface area contributed by atoms with Crippen LogP contribution in [0.1, 0.15) is 31.1 Å². The first-order chi connectivity index (χ1) is 7.08. The smallest absolute Gasteiger partial charge is 0.150 e. The summed E-state index contributed by atoms with van der Waals surface area (Å²) >= 11 is 0. The van der Waals surface area contributed by atoms with Gasteiger partial charge < -0.3 is 4.90 Å². The number of carbonyl (C=O) groups is 1. The molecule has 1 rings (SSSR count). The van der Waals surface area contributed by atoms with Crippen LogP contribution in [-0.2, 0) is 0 Å². The number of hydrogen-bond donors (Lipinski definition) is 0. The molecule has 0 amide bonds. The van der Waals surface area contributed by atoms with E-state index in [4.69, 9.17) is 0 Å². The Kier molecular flexibility index (Phi) is 3.83. The fraction of sp³-hybridized carbons (Fsp3) is 0.417. The van der Waals surface area contributed by atoms with Gasteiger partial charge in [-0.1, -0.05) is 0 Å². The summed E-state index contributed by atoms with van der Waals surface area (Å²) in [6.45, 7) is 6.87. The molecule has 0 spiro atoms. The van der Waals surface area contributed by atoms with Gasteiger partial charge in [0.15, 0.2) is 0 Å². The summed E-state index contributed by atoms with van der Waals surface area (Å²) in [5.41, 5.74) is 1.14. The average molecular weight is 209 g/mol. The first kappa shape index (κ1) is 11.7. The van der Waals surface area contributed by atoms with Crippen molar-refractivity contribution in [3.63, 3.8) is 0 Å². The molecule has 1 aromatic carbocycles. The van der Waals surface area contributed by atoms with E-state index in [-0.39, 0.29) is 11.9 Å². The van der Waals surface area contributed by atoms with Crippen molar-refractivity contribution in [1.29, 1.82) is 0 Å². The lowest BCUT2D eigenvalue weighted by Gasteiger charge is -2.27. The second kappa shape index (κ2) is 4.91. The predicted molar refractivity (Wildman–Crippen MR) is 59.9 cm³/mol. The van der Waals surface area contributed by atoms with Gasteiger partial charge in [-0.2, -0.15) is 0 Å². The van der Waals surface area contributed by atoms with Crippen LogP contribution >= 0.6 is 0 Å². The van der Waals surface area contributed by atoms with E-state index in [1.807, 2.05) is 25.7 Å². The Morgan fingerprint density at radius 1 is 1.40 bits per heavy atom. The molecular weight excluding hydrogens is 193 g/mol. The maximum absolute atomic E-state index is 13.2. The third kappa shape index (κ3) is 2.78. The Hall–Kier alpha value is -1.38. The zero-order chi connectivity index (χ0) is 11.4. The molecule has 0 aromatic heterocycles. The summed E-state index contributed by atoms with van der Waals surface area (Å²) < 4.78 is 13.2. The van der Waals surface area contributed by atoms with Crippen LogP contribution in [0, 0.1) is 5.82 Å². The number of aldehydes is 1. The van der Waals surface area contributed by atoms with E-state index in [1.165, 1.54) is 12.1 Å². The quantitative estimate of drug-likeness (QED) is 0.711. The minimum Gasteiger partial charge on any atom is -0.369 e. The van der Waals surface area contributed by atoms with Crippen LogP contribution in [0.4, 0.5) is 10.1 Å². The zero-order valence-corrected chi connectivity index (χ0v) is 9.33. The summed E-state index contributed by atoms with van der Waals surface area (Å²) in [4.78, 5) is 12.6. The van der Waals surface area contributed by atoms with Gasteiger partial charge in [0, 0.05) is 23.8 Å². The third-order valence-corrected chi connectivity index (χ3v) is 2.34. The van der Waals surface area contributed by atoms with Crippen LogP contribution in [-0.4, -0.2) is 18.9 Å². The molecular formula is C12H16FNO. The lowest BCUT2D eigenvalue weighted by atomic mass is 10.1. The molecule has 0 aliphatic heterocycles. The molecule has 0 bridgehead atoms. The van der Waals surface area contributed by atoms with E-state index in [9.17, 15) is 9.18 Å². The molecule has 82 valence electrons. The highest BCUT2D eigenvalue weighted by molar-refractivity contribution is 5.77. The average Bonchev–Trinajstić information content (AvgIpc) is 2.17. The molecule has 3 heteroatoms. The monoisotopic (exact) mass is 209 g/mol. The Morgan fingerprint density at radius 3 is 2.53 bits per heavy atom. The van der Waals surface area contributed by atoms with Gasteiger partial charge in [-0.3, -0.25) is 4.79 Å². The minimum absolute atomic E-state index is 0.288. The van der Waals surface area contributed by atoms with Crippen molar-refractivity contribution in [3.05, 3.63) is 29.6 Å². The molecule has 0 unspecified atom stereocenters. The van der Waals surface area contributed by atoms with E-state index in [0.717, 1.165) is 12.2 Å². The molecule has 0 saturated carbocycles. The maximum Gasteiger partial charge on any atom is 0.150 e. The minimum atomic E-state index is -0.367. The van der Waals surface area contributed by atoms with Crippen molar-refractivity contribution >= 4 is 12.0 Å². The highest BCUT2D eigenvalue weighted by Gasteiger charge is 2.10. The van der Waals surface area contributed by atoms with E-state index in [1.54, 1.807) is 6.07 Å². The predicted octanol–water partition coefficient (Wildman–Crippen LogP) is 2.87. The van der Waals surface area contributed by atoms with Crippen LogP contribution in [0.3, 0.4) is 0 Å². The van der Waals surface area contributed by atoms with Gasteiger partial charge in [0.2, 0.25) is 0 Å². The summed E-state index contributed by atoms with van der Waals surface area (Å²) in [6, 6.07) is 4.69. The van der Waals surface area contributed by atoms with Crippen molar-refractivity contribution in [1.82, 2.24) is 0 Å². The standard InChI is InChI=1S/C12H16FNO/c1-4-14(9(2)3)12-6-10(8-15)5-11(13)7-12/h5-9H,4H2,1-3H3. The molecule has 2 nitrogen and oxygen atoms in total. The van der Waals surface area contributed by atoms with Crippen LogP contribution in [0.25, 0.3) is 0 Å². The summed E-state index contributed by atoms with van der Waals surface area (Å²) in [7, 11) is 0. The molecule has 0 heterocycles. The van der Waals surface area contributed by atoms with Gasteiger partial charge >= 0.3 is 0 Å². The first-order valence-corrected chi connectivity index (χ1v) is 5.11. The SMILES string of the molecule is CCN(c1cc(F)cc(C=O)c1)C(C)C. The van der Waals surface area contributed by atoms with Crippen LogP contribution in [0.5, 0.6) is 0 Å². The molecule has 0 fully saturated rings. The van der Waals surface area contributed by atoms with Crippen LogP contribution < -0.4 is 4.90 Å². The number of rotatable bonds is 4. The molecule has 0 saturated heterocycles. The van der Waals surface area contributed by atoms with Crippen LogP contribution in [0.15, 0.2) is 18.2 Å². The van der Waals surface area contributed by atoms with E-state index >= 15 is 0 Å². The largest absolute Gasteiger partial charge is 0.369 e. The fourth-order valence-corrected chi connectivity index (χ4v) is 1.68. The lowest BCUT2D eigenvalue weighted by molar-refractivity contribution is 0.112. The number of benzene rings is 1. The second-order valence-electron chi connectivity index (χ2n) is 3.74. The van der Waals surface area contributed by atoms with Gasteiger partial charge in [0.05, 0.1) is 0 Å². The fourth-order valence-electron chi connectivity index (χ4n) is 1.68. The van der Waals surface area contributed by atoms with E-state index in [2.05, 4.69) is 0 Å². The molecule has 0 N–H and O–H groups in total. The summed E-state index contributed by atoms with van der Waals surface area (Å²) in [5.74, 6) is -0.367. The maximum atomic E-state index is 13.2. The molecule has 15 heavy (non-hydrogen) atoms. The van der Waals surface area contributed by atoms with Crippen LogP contribution in [0.2, 0.25) is 0 Å². The molecule has 0 radical (unpaired) electrons. The number of anilines is 1. The second-order valence-corrected chi connectivity index (χ2v) is 3.74. The molecule has 0 aliphatic rings. The number of hydrogen-bond acceptors (Lipinski definition) is 2. The number of carbonyl (C=O) groups excluding carboxylic acids is 1. The number of halogens is 1. The Bertz CT molecular complexity index is 349. The van der Waals surface area contributed by atoms with Gasteiger partial charge in [-0.05, 0) is 39.0 Å². The summed E-state index contributed by atoms with van der Waals surface area (Å²) in [5, 5.41) is 0. The molecule has 1 aromatic rings. The Labute approximate surface area is 89.7 Å². The van der Waals surface area contributed by atoms with Gasteiger partial charge in [0.1, 0.15) is 12.1 Å². The van der Waals surface area contributed by atoms with Crippen molar-refractivity contribution in [3.8, 4) is 0 Å². The first-order valence-electron chi connectivity index (χ1n) is 5.11. The van der Waals surface area contributed by atoms with Crippen molar-refractivity contribution in [2.75, 3.05) is 11.4 Å². The van der Waals surface area contributed by atoms with Gasteiger partial charge in [0.25, 0.3) is 0 Å².